The molecule has 2 aromatic rings. The van der Waals surface area contributed by atoms with Crippen LogP contribution in [0.3, 0.4) is 0 Å². The number of ether oxygens (including phenoxy) is 1. The minimum absolute atomic E-state index is 0.0251. The lowest BCUT2D eigenvalue weighted by atomic mass is 9.92. The number of carbonyl (C=O) groups excluding carboxylic acids is 2. The van der Waals surface area contributed by atoms with Crippen molar-refractivity contribution in [3.05, 3.63) is 30.0 Å². The highest BCUT2D eigenvalue weighted by Crippen LogP contribution is 2.34. The number of carbonyl (C=O) groups is 2. The third kappa shape index (κ3) is 4.24. The molecule has 4 rings (SSSR count). The van der Waals surface area contributed by atoms with Gasteiger partial charge in [0.25, 0.3) is 5.91 Å². The Bertz CT molecular complexity index is 974. The average molecular weight is 440 g/mol. The van der Waals surface area contributed by atoms with Crippen LogP contribution in [-0.4, -0.2) is 46.5 Å². The fraction of sp³-hybridized carbons (Fsp3) is 0.615. The topological polar surface area (TPSA) is 63.6 Å². The van der Waals surface area contributed by atoms with Crippen molar-refractivity contribution in [1.82, 2.24) is 14.8 Å². The molecular formula is C26H37N3O3. The van der Waals surface area contributed by atoms with Gasteiger partial charge in [-0.3, -0.25) is 9.59 Å². The Morgan fingerprint density at radius 3 is 2.56 bits per heavy atom. The van der Waals surface area contributed by atoms with Crippen LogP contribution in [0.25, 0.3) is 10.9 Å². The highest BCUT2D eigenvalue weighted by molar-refractivity contribution is 6.03. The van der Waals surface area contributed by atoms with Crippen molar-refractivity contribution in [3.63, 3.8) is 0 Å². The van der Waals surface area contributed by atoms with E-state index in [1.807, 2.05) is 40.7 Å². The molecule has 2 aliphatic rings. The lowest BCUT2D eigenvalue weighted by Crippen LogP contribution is -2.65. The predicted octanol–water partition coefficient (Wildman–Crippen LogP) is 4.89. The molecular weight excluding hydrogens is 402 g/mol. The monoisotopic (exact) mass is 439 g/mol. The van der Waals surface area contributed by atoms with Crippen LogP contribution in [-0.2, 0) is 11.3 Å². The molecule has 2 heterocycles. The fourth-order valence-corrected chi connectivity index (χ4v) is 5.26. The summed E-state index contributed by atoms with van der Waals surface area (Å²) in [5.74, 6) is 0.665. The first-order valence-corrected chi connectivity index (χ1v) is 12.3. The molecule has 1 N–H and O–H groups in total. The van der Waals surface area contributed by atoms with Crippen molar-refractivity contribution in [3.8, 4) is 5.75 Å². The van der Waals surface area contributed by atoms with Gasteiger partial charge in [0.05, 0.1) is 19.2 Å². The number of hydrogen-bond acceptors (Lipinski definition) is 3. The van der Waals surface area contributed by atoms with Crippen molar-refractivity contribution in [2.75, 3.05) is 13.7 Å². The predicted molar refractivity (Wildman–Crippen MR) is 127 cm³/mol. The van der Waals surface area contributed by atoms with E-state index in [9.17, 15) is 9.59 Å². The number of unbranched alkanes of at least 4 members (excludes halogenated alkanes) is 1. The number of rotatable bonds is 6. The molecule has 6 heteroatoms. The lowest BCUT2D eigenvalue weighted by molar-refractivity contribution is -0.133. The summed E-state index contributed by atoms with van der Waals surface area (Å²) >= 11 is 0. The molecule has 0 saturated heterocycles. The lowest BCUT2D eigenvalue weighted by Gasteiger charge is -2.44. The Balaban J connectivity index is 1.68. The summed E-state index contributed by atoms with van der Waals surface area (Å²) in [5.41, 5.74) is 0.671. The zero-order valence-electron chi connectivity index (χ0n) is 19.8. The molecule has 2 amide bonds. The number of fused-ring (bicyclic) bond motifs is 3. The van der Waals surface area contributed by atoms with Crippen LogP contribution in [0.2, 0.25) is 0 Å². The average Bonchev–Trinajstić information content (AvgIpc) is 3.13. The van der Waals surface area contributed by atoms with E-state index in [0.717, 1.165) is 55.2 Å². The quantitative estimate of drug-likeness (QED) is 0.697. The van der Waals surface area contributed by atoms with Crippen molar-refractivity contribution >= 4 is 22.7 Å². The van der Waals surface area contributed by atoms with Crippen LogP contribution < -0.4 is 10.1 Å². The highest BCUT2D eigenvalue weighted by Gasteiger charge is 2.47. The van der Waals surface area contributed by atoms with Crippen molar-refractivity contribution in [2.24, 2.45) is 0 Å². The molecule has 1 saturated carbocycles. The third-order valence-electron chi connectivity index (χ3n) is 7.30. The summed E-state index contributed by atoms with van der Waals surface area (Å²) < 4.78 is 7.43. The largest absolute Gasteiger partial charge is 0.497 e. The molecule has 1 aliphatic heterocycles. The maximum atomic E-state index is 13.8. The van der Waals surface area contributed by atoms with Crippen molar-refractivity contribution in [2.45, 2.75) is 89.8 Å². The Morgan fingerprint density at radius 1 is 1.16 bits per heavy atom. The Morgan fingerprint density at radius 2 is 1.88 bits per heavy atom. The molecule has 1 fully saturated rings. The molecule has 0 bridgehead atoms. The first-order chi connectivity index (χ1) is 15.5. The van der Waals surface area contributed by atoms with E-state index < -0.39 is 5.54 Å². The van der Waals surface area contributed by atoms with Gasteiger partial charge in [-0.2, -0.15) is 0 Å². The Labute approximate surface area is 191 Å². The summed E-state index contributed by atoms with van der Waals surface area (Å²) in [6.45, 7) is 5.10. The van der Waals surface area contributed by atoms with Gasteiger partial charge in [-0.05, 0) is 44.4 Å². The molecule has 0 spiro atoms. The molecule has 174 valence electrons. The van der Waals surface area contributed by atoms with E-state index in [1.165, 1.54) is 19.3 Å². The molecule has 1 aromatic heterocycles. The third-order valence-corrected chi connectivity index (χ3v) is 7.30. The molecule has 0 radical (unpaired) electrons. The smallest absolute Gasteiger partial charge is 0.271 e. The van der Waals surface area contributed by atoms with Crippen LogP contribution in [0, 0.1) is 0 Å². The standard InChI is InChI=1S/C26H37N3O3/c1-4-5-15-29-24(30)23-16-19-13-14-21(32-3)17-22(19)28(23)18-26(29,2)25(31)27-20-11-9-7-6-8-10-12-20/h13-14,16-17,20H,4-12,15,18H2,1-3H3,(H,27,31). The van der Waals surface area contributed by atoms with Gasteiger partial charge in [0.2, 0.25) is 5.91 Å². The number of benzene rings is 1. The van der Waals surface area contributed by atoms with Gasteiger partial charge in [0, 0.05) is 24.0 Å². The van der Waals surface area contributed by atoms with Crippen molar-refractivity contribution in [1.29, 1.82) is 0 Å². The normalized spacial score (nSPS) is 22.3. The van der Waals surface area contributed by atoms with Gasteiger partial charge in [0.1, 0.15) is 17.0 Å². The molecule has 1 aliphatic carbocycles. The summed E-state index contributed by atoms with van der Waals surface area (Å²) in [7, 11) is 1.64. The summed E-state index contributed by atoms with van der Waals surface area (Å²) in [4.78, 5) is 29.2. The zero-order chi connectivity index (χ0) is 22.7. The van der Waals surface area contributed by atoms with Crippen LogP contribution in [0.15, 0.2) is 24.3 Å². The summed E-state index contributed by atoms with van der Waals surface area (Å²) in [6, 6.07) is 8.00. The summed E-state index contributed by atoms with van der Waals surface area (Å²) in [6.07, 6.45) is 10.0. The number of nitrogens with zero attached hydrogens (tertiary/aromatic N) is 2. The van der Waals surface area contributed by atoms with Gasteiger partial charge in [0.15, 0.2) is 0 Å². The van der Waals surface area contributed by atoms with E-state index in [4.69, 9.17) is 4.74 Å². The van der Waals surface area contributed by atoms with Gasteiger partial charge < -0.3 is 19.5 Å². The molecule has 6 nitrogen and oxygen atoms in total. The molecule has 1 aromatic carbocycles. The van der Waals surface area contributed by atoms with Crippen molar-refractivity contribution < 1.29 is 14.3 Å². The molecule has 1 unspecified atom stereocenters. The number of hydrogen-bond donors (Lipinski definition) is 1. The first-order valence-electron chi connectivity index (χ1n) is 12.3. The van der Waals surface area contributed by atoms with E-state index in [1.54, 1.807) is 7.11 Å². The van der Waals surface area contributed by atoms with E-state index in [0.29, 0.717) is 18.8 Å². The Hall–Kier alpha value is -2.50. The molecule has 1 atom stereocenters. The SMILES string of the molecule is CCCCN1C(=O)c2cc3ccc(OC)cc3n2CC1(C)C(=O)NC1CCCCCCC1. The van der Waals surface area contributed by atoms with Gasteiger partial charge in [-0.25, -0.2) is 0 Å². The Kier molecular flexibility index (Phi) is 6.77. The number of nitrogens with one attached hydrogen (secondary N) is 1. The fourth-order valence-electron chi connectivity index (χ4n) is 5.26. The van der Waals surface area contributed by atoms with Gasteiger partial charge in [-0.1, -0.05) is 45.4 Å². The van der Waals surface area contributed by atoms with Crippen LogP contribution in [0.5, 0.6) is 5.75 Å². The second-order valence-corrected chi connectivity index (χ2v) is 9.64. The maximum absolute atomic E-state index is 13.8. The van der Waals surface area contributed by atoms with E-state index in [-0.39, 0.29) is 17.9 Å². The van der Waals surface area contributed by atoms with Gasteiger partial charge in [-0.15, -0.1) is 0 Å². The van der Waals surface area contributed by atoms with Crippen LogP contribution >= 0.6 is 0 Å². The number of amides is 2. The second-order valence-electron chi connectivity index (χ2n) is 9.64. The van der Waals surface area contributed by atoms with E-state index in [2.05, 4.69) is 12.2 Å². The molecule has 32 heavy (non-hydrogen) atoms. The maximum Gasteiger partial charge on any atom is 0.271 e. The second kappa shape index (κ2) is 9.55. The number of methoxy groups -OCH3 is 1. The minimum Gasteiger partial charge on any atom is -0.497 e. The highest BCUT2D eigenvalue weighted by atomic mass is 16.5. The first kappa shape index (κ1) is 22.7. The van der Waals surface area contributed by atoms with Gasteiger partial charge >= 0.3 is 0 Å². The van der Waals surface area contributed by atoms with Crippen LogP contribution in [0.4, 0.5) is 0 Å². The summed E-state index contributed by atoms with van der Waals surface area (Å²) in [5, 5.41) is 4.34. The zero-order valence-corrected chi connectivity index (χ0v) is 19.8. The van der Waals surface area contributed by atoms with Crippen LogP contribution in [0.1, 0.15) is 82.1 Å². The minimum atomic E-state index is -0.920. The van der Waals surface area contributed by atoms with E-state index >= 15 is 0 Å². The number of aromatic nitrogens is 1.